The van der Waals surface area contributed by atoms with Crippen molar-refractivity contribution in [3.63, 3.8) is 0 Å². The van der Waals surface area contributed by atoms with Crippen molar-refractivity contribution in [2.24, 2.45) is 11.1 Å². The number of hydrogen-bond donors (Lipinski definition) is 1. The van der Waals surface area contributed by atoms with E-state index in [-0.39, 0.29) is 17.7 Å². The number of aryl methyl sites for hydroxylation is 4. The van der Waals surface area contributed by atoms with E-state index < -0.39 is 0 Å². The molecule has 0 aromatic heterocycles. The molecule has 0 saturated heterocycles. The second-order valence-corrected chi connectivity index (χ2v) is 12.2. The molecule has 0 radical (unpaired) electrons. The molecule has 0 bridgehead atoms. The molecule has 3 atom stereocenters. The maximum atomic E-state index is 13.9. The normalized spacial score (nSPS) is 18.5. The zero-order chi connectivity index (χ0) is 30.0. The Morgan fingerprint density at radius 3 is 2.38 bits per heavy atom. The van der Waals surface area contributed by atoms with Gasteiger partial charge in [0, 0.05) is 40.4 Å². The molecule has 218 valence electrons. The van der Waals surface area contributed by atoms with Crippen LogP contribution in [0.2, 0.25) is 0 Å². The molecule has 3 unspecified atom stereocenters. The number of allylic oxidation sites excluding steroid dienone is 2. The lowest BCUT2D eigenvalue weighted by Gasteiger charge is -2.32. The molecule has 1 N–H and O–H groups in total. The fourth-order valence-corrected chi connectivity index (χ4v) is 6.99. The number of rotatable bonds is 10. The molecule has 1 aliphatic heterocycles. The molecular weight excluding hydrogens is 516 g/mol. The molecule has 3 aromatic carbocycles. The van der Waals surface area contributed by atoms with Crippen LogP contribution < -0.4 is 4.90 Å². The predicted molar refractivity (Wildman–Crippen MR) is 174 cm³/mol. The van der Waals surface area contributed by atoms with Crippen LogP contribution in [-0.2, 0) is 0 Å². The predicted octanol–water partition coefficient (Wildman–Crippen LogP) is 9.01. The number of carbonyl (C=O) groups is 1. The summed E-state index contributed by atoms with van der Waals surface area (Å²) in [5.74, 6) is 0.735. The maximum absolute atomic E-state index is 13.9. The van der Waals surface area contributed by atoms with E-state index in [0.717, 1.165) is 51.9 Å². The number of oxime groups is 1. The standard InChI is InChI=1S/C38H44N2O2/c1-7-9-13-28(8-2)23-40-34-17-15-29(37(39-42)31-14-11-10-12-25(31)4)21-32(34)33-22-30(16-18-35(33)40)38(41)36-26(5)19-24(3)20-27(36)6/h10-12,14-22,28,32,34,42H,7-9,13,23H2,1-6H3/b39-37-. The average Bonchev–Trinajstić information content (AvgIpc) is 3.28. The highest BCUT2D eigenvalue weighted by atomic mass is 16.4. The van der Waals surface area contributed by atoms with Gasteiger partial charge in [0.1, 0.15) is 5.71 Å². The lowest BCUT2D eigenvalue weighted by Crippen LogP contribution is -2.37. The minimum Gasteiger partial charge on any atom is -0.410 e. The fourth-order valence-electron chi connectivity index (χ4n) is 6.99. The number of anilines is 1. The monoisotopic (exact) mass is 560 g/mol. The third-order valence-corrected chi connectivity index (χ3v) is 9.19. The summed E-state index contributed by atoms with van der Waals surface area (Å²) in [6, 6.07) is 18.7. The SMILES string of the molecule is CCCCC(CC)CN1c2ccc(C(=O)c3c(C)cc(C)cc3C)cc2C2C=C(/C(=N/O)c3ccccc3C)C=CC21. The van der Waals surface area contributed by atoms with Crippen LogP contribution >= 0.6 is 0 Å². The van der Waals surface area contributed by atoms with Crippen molar-refractivity contribution in [3.05, 3.63) is 123 Å². The summed E-state index contributed by atoms with van der Waals surface area (Å²) < 4.78 is 0. The minimum atomic E-state index is 0.0532. The fraction of sp³-hybridized carbons (Fsp3) is 0.368. The van der Waals surface area contributed by atoms with Crippen LogP contribution in [0.15, 0.2) is 83.6 Å². The second kappa shape index (κ2) is 12.5. The van der Waals surface area contributed by atoms with E-state index in [1.54, 1.807) is 0 Å². The van der Waals surface area contributed by atoms with Gasteiger partial charge in [-0.15, -0.1) is 0 Å². The molecule has 0 amide bonds. The van der Waals surface area contributed by atoms with E-state index in [2.05, 4.69) is 73.3 Å². The summed E-state index contributed by atoms with van der Waals surface area (Å²) in [5.41, 5.74) is 10.6. The molecule has 0 spiro atoms. The summed E-state index contributed by atoms with van der Waals surface area (Å²) in [5, 5.41) is 13.9. The van der Waals surface area contributed by atoms with E-state index in [4.69, 9.17) is 0 Å². The number of carbonyl (C=O) groups excluding carboxylic acids is 1. The molecule has 4 nitrogen and oxygen atoms in total. The van der Waals surface area contributed by atoms with Gasteiger partial charge in [-0.3, -0.25) is 4.79 Å². The molecular formula is C38H44N2O2. The van der Waals surface area contributed by atoms with Crippen molar-refractivity contribution < 1.29 is 10.0 Å². The van der Waals surface area contributed by atoms with Gasteiger partial charge < -0.3 is 10.1 Å². The Hall–Kier alpha value is -3.92. The van der Waals surface area contributed by atoms with Crippen LogP contribution in [0.5, 0.6) is 0 Å². The number of nitrogens with zero attached hydrogens (tertiary/aromatic N) is 2. The van der Waals surface area contributed by atoms with Gasteiger partial charge in [-0.1, -0.05) is 98.5 Å². The Kier molecular flexibility index (Phi) is 8.82. The minimum absolute atomic E-state index is 0.0532. The Balaban J connectivity index is 1.58. The number of ketones is 1. The first-order valence-corrected chi connectivity index (χ1v) is 15.5. The van der Waals surface area contributed by atoms with Gasteiger partial charge in [-0.2, -0.15) is 0 Å². The van der Waals surface area contributed by atoms with Gasteiger partial charge in [0.15, 0.2) is 5.78 Å². The van der Waals surface area contributed by atoms with Crippen molar-refractivity contribution in [2.75, 3.05) is 11.4 Å². The van der Waals surface area contributed by atoms with Crippen molar-refractivity contribution in [3.8, 4) is 0 Å². The summed E-state index contributed by atoms with van der Waals surface area (Å²) in [4.78, 5) is 16.5. The summed E-state index contributed by atoms with van der Waals surface area (Å²) in [6.07, 6.45) is 11.4. The van der Waals surface area contributed by atoms with Crippen LogP contribution in [0.3, 0.4) is 0 Å². The summed E-state index contributed by atoms with van der Waals surface area (Å²) >= 11 is 0. The van der Waals surface area contributed by atoms with Crippen molar-refractivity contribution in [1.29, 1.82) is 0 Å². The van der Waals surface area contributed by atoms with E-state index in [1.165, 1.54) is 36.1 Å². The first-order chi connectivity index (χ1) is 20.3. The number of benzene rings is 3. The topological polar surface area (TPSA) is 52.9 Å². The zero-order valence-corrected chi connectivity index (χ0v) is 25.9. The van der Waals surface area contributed by atoms with Crippen molar-refractivity contribution >= 4 is 17.2 Å². The van der Waals surface area contributed by atoms with Gasteiger partial charge >= 0.3 is 0 Å². The first kappa shape index (κ1) is 29.6. The lowest BCUT2D eigenvalue weighted by molar-refractivity contribution is 0.103. The molecule has 3 aromatic rings. The first-order valence-electron chi connectivity index (χ1n) is 15.5. The van der Waals surface area contributed by atoms with E-state index >= 15 is 0 Å². The van der Waals surface area contributed by atoms with Gasteiger partial charge in [-0.25, -0.2) is 0 Å². The third kappa shape index (κ3) is 5.60. The Morgan fingerprint density at radius 1 is 0.976 bits per heavy atom. The van der Waals surface area contributed by atoms with Crippen LogP contribution in [0, 0.1) is 33.6 Å². The Morgan fingerprint density at radius 2 is 1.71 bits per heavy atom. The van der Waals surface area contributed by atoms with E-state index in [1.807, 2.05) is 51.1 Å². The smallest absolute Gasteiger partial charge is 0.193 e. The quantitative estimate of drug-likeness (QED) is 0.116. The molecule has 2 aliphatic rings. The molecule has 0 saturated carbocycles. The maximum Gasteiger partial charge on any atom is 0.193 e. The largest absolute Gasteiger partial charge is 0.410 e. The van der Waals surface area contributed by atoms with Crippen LogP contribution in [0.4, 0.5) is 5.69 Å². The Bertz CT molecular complexity index is 1550. The molecule has 1 aliphatic carbocycles. The number of fused-ring (bicyclic) bond motifs is 3. The molecule has 0 fully saturated rings. The molecule has 42 heavy (non-hydrogen) atoms. The van der Waals surface area contributed by atoms with Gasteiger partial charge in [0.05, 0.1) is 6.04 Å². The average molecular weight is 561 g/mol. The lowest BCUT2D eigenvalue weighted by atomic mass is 9.84. The van der Waals surface area contributed by atoms with Gasteiger partial charge in [-0.05, 0) is 80.5 Å². The second-order valence-electron chi connectivity index (χ2n) is 12.2. The van der Waals surface area contributed by atoms with Crippen LogP contribution in [0.1, 0.15) is 94.8 Å². The van der Waals surface area contributed by atoms with Gasteiger partial charge in [0.25, 0.3) is 0 Å². The molecule has 5 rings (SSSR count). The van der Waals surface area contributed by atoms with E-state index in [9.17, 15) is 10.0 Å². The zero-order valence-electron chi connectivity index (χ0n) is 25.9. The van der Waals surface area contributed by atoms with Crippen LogP contribution in [-0.4, -0.2) is 29.3 Å². The van der Waals surface area contributed by atoms with Crippen molar-refractivity contribution in [1.82, 2.24) is 0 Å². The van der Waals surface area contributed by atoms with Gasteiger partial charge in [0.2, 0.25) is 0 Å². The molecule has 4 heteroatoms. The van der Waals surface area contributed by atoms with Crippen LogP contribution in [0.25, 0.3) is 0 Å². The highest BCUT2D eigenvalue weighted by Gasteiger charge is 2.39. The highest BCUT2D eigenvalue weighted by molar-refractivity contribution is 6.15. The van der Waals surface area contributed by atoms with E-state index in [0.29, 0.717) is 11.6 Å². The summed E-state index contributed by atoms with van der Waals surface area (Å²) in [6.45, 7) is 13.7. The molecule has 1 heterocycles. The Labute approximate surface area is 251 Å². The highest BCUT2D eigenvalue weighted by Crippen LogP contribution is 2.46. The summed E-state index contributed by atoms with van der Waals surface area (Å²) in [7, 11) is 0. The number of unbranched alkanes of at least 4 members (excludes halogenated alkanes) is 1. The third-order valence-electron chi connectivity index (χ3n) is 9.19. The number of hydrogen-bond acceptors (Lipinski definition) is 4. The van der Waals surface area contributed by atoms with Crippen molar-refractivity contribution in [2.45, 2.75) is 79.2 Å².